The van der Waals surface area contributed by atoms with Crippen molar-refractivity contribution in [1.82, 2.24) is 9.80 Å². The Kier molecular flexibility index (Phi) is 4.97. The van der Waals surface area contributed by atoms with Crippen LogP contribution in [0.25, 0.3) is 0 Å². The van der Waals surface area contributed by atoms with E-state index in [2.05, 4.69) is 0 Å². The summed E-state index contributed by atoms with van der Waals surface area (Å²) >= 11 is 0. The van der Waals surface area contributed by atoms with Crippen LogP contribution in [0.2, 0.25) is 0 Å². The molecule has 7 nitrogen and oxygen atoms in total. The molecule has 3 amide bonds. The van der Waals surface area contributed by atoms with Crippen LogP contribution in [0.15, 0.2) is 18.2 Å². The average molecular weight is 346 g/mol. The molecule has 0 saturated heterocycles. The van der Waals surface area contributed by atoms with Crippen molar-refractivity contribution in [2.75, 3.05) is 20.2 Å². The van der Waals surface area contributed by atoms with E-state index in [9.17, 15) is 19.2 Å². The SMILES string of the molecule is CCOC(=O)CN(C)C(=O)c1ccc2c(c1)C(=O)N(C(C)(C)C)C2=O. The molecule has 1 aromatic rings. The lowest BCUT2D eigenvalue weighted by atomic mass is 10.0. The summed E-state index contributed by atoms with van der Waals surface area (Å²) in [4.78, 5) is 51.4. The highest BCUT2D eigenvalue weighted by atomic mass is 16.5. The molecule has 0 radical (unpaired) electrons. The van der Waals surface area contributed by atoms with Gasteiger partial charge in [0.2, 0.25) is 0 Å². The minimum absolute atomic E-state index is 0.190. The third-order valence-corrected chi connectivity index (χ3v) is 3.82. The Balaban J connectivity index is 2.27. The van der Waals surface area contributed by atoms with E-state index < -0.39 is 23.3 Å². The van der Waals surface area contributed by atoms with Crippen LogP contribution in [0.4, 0.5) is 0 Å². The van der Waals surface area contributed by atoms with Crippen molar-refractivity contribution in [2.45, 2.75) is 33.2 Å². The smallest absolute Gasteiger partial charge is 0.325 e. The Morgan fingerprint density at radius 3 is 2.28 bits per heavy atom. The van der Waals surface area contributed by atoms with Gasteiger partial charge in [0, 0.05) is 18.2 Å². The lowest BCUT2D eigenvalue weighted by Gasteiger charge is -2.29. The van der Waals surface area contributed by atoms with Gasteiger partial charge in [0.25, 0.3) is 17.7 Å². The minimum atomic E-state index is -0.655. The predicted molar refractivity (Wildman–Crippen MR) is 90.3 cm³/mol. The molecule has 7 heteroatoms. The number of imide groups is 1. The molecule has 0 atom stereocenters. The van der Waals surface area contributed by atoms with E-state index in [1.165, 1.54) is 35.0 Å². The Hall–Kier alpha value is -2.70. The molecule has 134 valence electrons. The van der Waals surface area contributed by atoms with Crippen LogP contribution in [0, 0.1) is 0 Å². The van der Waals surface area contributed by atoms with E-state index in [1.54, 1.807) is 27.7 Å². The monoisotopic (exact) mass is 346 g/mol. The van der Waals surface area contributed by atoms with Crippen LogP contribution in [0.3, 0.4) is 0 Å². The van der Waals surface area contributed by atoms with Gasteiger partial charge in [-0.15, -0.1) is 0 Å². The first kappa shape index (κ1) is 18.6. The topological polar surface area (TPSA) is 84.0 Å². The first-order valence-electron chi connectivity index (χ1n) is 8.02. The molecule has 0 aromatic heterocycles. The number of esters is 1. The van der Waals surface area contributed by atoms with E-state index in [-0.39, 0.29) is 35.7 Å². The molecule has 1 heterocycles. The minimum Gasteiger partial charge on any atom is -0.465 e. The van der Waals surface area contributed by atoms with Crippen LogP contribution >= 0.6 is 0 Å². The van der Waals surface area contributed by atoms with Gasteiger partial charge in [-0.05, 0) is 45.9 Å². The zero-order valence-corrected chi connectivity index (χ0v) is 15.1. The maximum Gasteiger partial charge on any atom is 0.325 e. The van der Waals surface area contributed by atoms with Crippen molar-refractivity contribution in [3.8, 4) is 0 Å². The Morgan fingerprint density at radius 2 is 1.72 bits per heavy atom. The molecule has 2 rings (SSSR count). The van der Waals surface area contributed by atoms with Crippen LogP contribution in [-0.4, -0.2) is 59.2 Å². The lowest BCUT2D eigenvalue weighted by molar-refractivity contribution is -0.143. The fraction of sp³-hybridized carbons (Fsp3) is 0.444. The molecule has 1 aromatic carbocycles. The molecular weight excluding hydrogens is 324 g/mol. The summed E-state index contributed by atoms with van der Waals surface area (Å²) in [6.07, 6.45) is 0. The van der Waals surface area contributed by atoms with Crippen LogP contribution < -0.4 is 0 Å². The standard InChI is InChI=1S/C18H22N2O5/c1-6-25-14(21)10-19(5)15(22)11-7-8-12-13(9-11)17(24)20(16(12)23)18(2,3)4/h7-9H,6,10H2,1-5H3. The molecule has 0 spiro atoms. The molecule has 0 bridgehead atoms. The number of amides is 3. The maximum atomic E-state index is 12.6. The third-order valence-electron chi connectivity index (χ3n) is 3.82. The van der Waals surface area contributed by atoms with Gasteiger partial charge in [-0.3, -0.25) is 24.1 Å². The van der Waals surface area contributed by atoms with Crippen LogP contribution in [0.1, 0.15) is 58.8 Å². The van der Waals surface area contributed by atoms with Crippen molar-refractivity contribution >= 4 is 23.7 Å². The van der Waals surface area contributed by atoms with E-state index in [0.29, 0.717) is 0 Å². The van der Waals surface area contributed by atoms with Crippen LogP contribution in [0.5, 0.6) is 0 Å². The van der Waals surface area contributed by atoms with E-state index in [4.69, 9.17) is 4.74 Å². The van der Waals surface area contributed by atoms with Crippen molar-refractivity contribution in [3.05, 3.63) is 34.9 Å². The highest BCUT2D eigenvalue weighted by molar-refractivity contribution is 6.22. The van der Waals surface area contributed by atoms with Gasteiger partial charge in [0.1, 0.15) is 6.54 Å². The van der Waals surface area contributed by atoms with E-state index >= 15 is 0 Å². The highest BCUT2D eigenvalue weighted by Gasteiger charge is 2.42. The summed E-state index contributed by atoms with van der Waals surface area (Å²) in [7, 11) is 1.47. The number of likely N-dealkylation sites (N-methyl/N-ethyl adjacent to an activating group) is 1. The Morgan fingerprint density at radius 1 is 1.12 bits per heavy atom. The first-order valence-corrected chi connectivity index (χ1v) is 8.02. The van der Waals surface area contributed by atoms with Gasteiger partial charge in [0.15, 0.2) is 0 Å². The number of rotatable bonds is 4. The van der Waals surface area contributed by atoms with Crippen molar-refractivity contribution in [3.63, 3.8) is 0 Å². The van der Waals surface area contributed by atoms with Gasteiger partial charge in [0.05, 0.1) is 17.7 Å². The highest BCUT2D eigenvalue weighted by Crippen LogP contribution is 2.30. The Bertz CT molecular complexity index is 748. The number of carbonyl (C=O) groups excluding carboxylic acids is 4. The zero-order valence-electron chi connectivity index (χ0n) is 15.1. The van der Waals surface area contributed by atoms with Gasteiger partial charge in [-0.25, -0.2) is 0 Å². The largest absolute Gasteiger partial charge is 0.465 e. The molecule has 1 aliphatic heterocycles. The number of carbonyl (C=O) groups is 4. The average Bonchev–Trinajstić information content (AvgIpc) is 2.77. The molecule has 0 unspecified atom stereocenters. The second-order valence-corrected chi connectivity index (χ2v) is 6.84. The van der Waals surface area contributed by atoms with E-state index in [1.807, 2.05) is 0 Å². The normalized spacial score (nSPS) is 13.7. The second-order valence-electron chi connectivity index (χ2n) is 6.84. The fourth-order valence-corrected chi connectivity index (χ4v) is 2.68. The summed E-state index contributed by atoms with van der Waals surface area (Å²) in [6.45, 7) is 7.04. The number of benzene rings is 1. The van der Waals surface area contributed by atoms with Crippen molar-refractivity contribution < 1.29 is 23.9 Å². The summed E-state index contributed by atoms with van der Waals surface area (Å²) in [6, 6.07) is 4.37. The van der Waals surface area contributed by atoms with Gasteiger partial charge >= 0.3 is 5.97 Å². The first-order chi connectivity index (χ1) is 11.6. The molecule has 25 heavy (non-hydrogen) atoms. The zero-order chi connectivity index (χ0) is 18.9. The van der Waals surface area contributed by atoms with Crippen molar-refractivity contribution in [2.24, 2.45) is 0 Å². The molecule has 1 aliphatic rings. The molecule has 0 N–H and O–H groups in total. The summed E-state index contributed by atoms with van der Waals surface area (Å²) in [5.74, 6) is -1.73. The van der Waals surface area contributed by atoms with Gasteiger partial charge < -0.3 is 9.64 Å². The molecule has 0 aliphatic carbocycles. The molecule has 0 saturated carbocycles. The van der Waals surface area contributed by atoms with Crippen molar-refractivity contribution in [1.29, 1.82) is 0 Å². The van der Waals surface area contributed by atoms with Gasteiger partial charge in [-0.1, -0.05) is 0 Å². The number of hydrogen-bond acceptors (Lipinski definition) is 5. The second kappa shape index (κ2) is 6.66. The number of fused-ring (bicyclic) bond motifs is 1. The Labute approximate surface area is 146 Å². The van der Waals surface area contributed by atoms with E-state index in [0.717, 1.165) is 0 Å². The van der Waals surface area contributed by atoms with Crippen LogP contribution in [-0.2, 0) is 9.53 Å². The summed E-state index contributed by atoms with van der Waals surface area (Å²) < 4.78 is 4.82. The van der Waals surface area contributed by atoms with Gasteiger partial charge in [-0.2, -0.15) is 0 Å². The number of hydrogen-bond donors (Lipinski definition) is 0. The number of ether oxygens (including phenoxy) is 1. The summed E-state index contributed by atoms with van der Waals surface area (Å²) in [5.41, 5.74) is 0.0696. The third kappa shape index (κ3) is 3.55. The quantitative estimate of drug-likeness (QED) is 0.612. The predicted octanol–water partition coefficient (Wildman–Crippen LogP) is 1.72. The lowest BCUT2D eigenvalue weighted by Crippen LogP contribution is -2.45. The maximum absolute atomic E-state index is 12.6. The fourth-order valence-electron chi connectivity index (χ4n) is 2.68. The number of nitrogens with zero attached hydrogens (tertiary/aromatic N) is 2. The molecular formula is C18H22N2O5. The molecule has 0 fully saturated rings. The summed E-state index contributed by atoms with van der Waals surface area (Å²) in [5, 5.41) is 0.